The first-order chi connectivity index (χ1) is 12.1. The van der Waals surface area contributed by atoms with Crippen LogP contribution in [0.15, 0.2) is 45.8 Å². The molecule has 0 radical (unpaired) electrons. The second-order valence-corrected chi connectivity index (χ2v) is 7.82. The van der Waals surface area contributed by atoms with Gasteiger partial charge in [-0.3, -0.25) is 4.79 Å². The van der Waals surface area contributed by atoms with Crippen LogP contribution in [0.2, 0.25) is 5.02 Å². The summed E-state index contributed by atoms with van der Waals surface area (Å²) in [6.07, 6.45) is 0.686. The van der Waals surface area contributed by atoms with Gasteiger partial charge in [0.2, 0.25) is 5.91 Å². The highest BCUT2D eigenvalue weighted by molar-refractivity contribution is 9.10. The van der Waals surface area contributed by atoms with Gasteiger partial charge < -0.3 is 14.8 Å². The van der Waals surface area contributed by atoms with E-state index in [0.717, 1.165) is 14.9 Å². The Morgan fingerprint density at radius 2 is 1.96 bits per heavy atom. The van der Waals surface area contributed by atoms with Gasteiger partial charge in [-0.1, -0.05) is 27.5 Å². The average Bonchev–Trinajstić information content (AvgIpc) is 2.61. The van der Waals surface area contributed by atoms with E-state index in [2.05, 4.69) is 21.2 Å². The number of ether oxygens (including phenoxy) is 2. The van der Waals surface area contributed by atoms with Gasteiger partial charge >= 0.3 is 0 Å². The van der Waals surface area contributed by atoms with E-state index in [0.29, 0.717) is 48.5 Å². The molecule has 1 aliphatic heterocycles. The number of carbonyl (C=O) groups excluding carboxylic acids is 1. The Hall–Kier alpha value is -1.37. The summed E-state index contributed by atoms with van der Waals surface area (Å²) < 4.78 is 12.1. The molecule has 1 N–H and O–H groups in total. The fraction of sp³-hybridized carbons (Fsp3) is 0.278. The molecule has 7 heteroatoms. The molecule has 132 valence electrons. The zero-order chi connectivity index (χ0) is 17.6. The lowest BCUT2D eigenvalue weighted by atomic mass is 10.1. The van der Waals surface area contributed by atoms with Crippen molar-refractivity contribution in [1.29, 1.82) is 0 Å². The molecule has 3 rings (SSSR count). The topological polar surface area (TPSA) is 47.6 Å². The Morgan fingerprint density at radius 3 is 2.76 bits per heavy atom. The number of thioether (sulfide) groups is 1. The number of carbonyl (C=O) groups is 1. The van der Waals surface area contributed by atoms with Crippen molar-refractivity contribution in [3.05, 3.63) is 51.5 Å². The SMILES string of the molecule is O=C(CSc1ccc(Br)cc1)NCCc1cc(Cl)c2c(c1)OCCO2. The number of amides is 1. The van der Waals surface area contributed by atoms with E-state index in [9.17, 15) is 4.79 Å². The van der Waals surface area contributed by atoms with E-state index in [-0.39, 0.29) is 5.91 Å². The van der Waals surface area contributed by atoms with Crippen LogP contribution in [-0.2, 0) is 11.2 Å². The van der Waals surface area contributed by atoms with Crippen LogP contribution in [0.5, 0.6) is 11.5 Å². The molecule has 0 atom stereocenters. The lowest BCUT2D eigenvalue weighted by molar-refractivity contribution is -0.118. The Bertz CT molecular complexity index is 755. The number of hydrogen-bond donors (Lipinski definition) is 1. The first kappa shape index (κ1) is 18.4. The highest BCUT2D eigenvalue weighted by Gasteiger charge is 2.16. The highest BCUT2D eigenvalue weighted by atomic mass is 79.9. The lowest BCUT2D eigenvalue weighted by Crippen LogP contribution is -2.27. The summed E-state index contributed by atoms with van der Waals surface area (Å²) in [5.41, 5.74) is 1.01. The third-order valence-electron chi connectivity index (χ3n) is 3.58. The molecule has 1 aliphatic rings. The molecule has 1 heterocycles. The minimum Gasteiger partial charge on any atom is -0.486 e. The van der Waals surface area contributed by atoms with Crippen LogP contribution in [0, 0.1) is 0 Å². The summed E-state index contributed by atoms with van der Waals surface area (Å²) in [6, 6.07) is 11.7. The maximum Gasteiger partial charge on any atom is 0.230 e. The van der Waals surface area contributed by atoms with Gasteiger partial charge in [0.05, 0.1) is 10.8 Å². The molecule has 0 bridgehead atoms. The van der Waals surface area contributed by atoms with Crippen LogP contribution in [0.3, 0.4) is 0 Å². The van der Waals surface area contributed by atoms with Gasteiger partial charge in [0.15, 0.2) is 11.5 Å². The molecule has 1 amide bonds. The van der Waals surface area contributed by atoms with Gasteiger partial charge in [0.25, 0.3) is 0 Å². The summed E-state index contributed by atoms with van der Waals surface area (Å²) in [4.78, 5) is 13.0. The van der Waals surface area contributed by atoms with Crippen molar-refractivity contribution in [2.45, 2.75) is 11.3 Å². The summed E-state index contributed by atoms with van der Waals surface area (Å²) in [5.74, 6) is 1.68. The molecule has 2 aromatic carbocycles. The van der Waals surface area contributed by atoms with Crippen molar-refractivity contribution in [3.8, 4) is 11.5 Å². The minimum atomic E-state index is 0.0107. The number of nitrogens with one attached hydrogen (secondary N) is 1. The largest absolute Gasteiger partial charge is 0.486 e. The molecule has 0 saturated heterocycles. The van der Waals surface area contributed by atoms with Gasteiger partial charge in [-0.05, 0) is 48.4 Å². The van der Waals surface area contributed by atoms with Gasteiger partial charge in [-0.25, -0.2) is 0 Å². The fourth-order valence-corrected chi connectivity index (χ4v) is 3.67. The van der Waals surface area contributed by atoms with Crippen LogP contribution >= 0.6 is 39.3 Å². The molecule has 25 heavy (non-hydrogen) atoms. The van der Waals surface area contributed by atoms with E-state index < -0.39 is 0 Å². The summed E-state index contributed by atoms with van der Waals surface area (Å²) in [6.45, 7) is 1.59. The molecule has 0 saturated carbocycles. The number of halogens is 2. The molecule has 2 aromatic rings. The molecule has 0 unspecified atom stereocenters. The Labute approximate surface area is 164 Å². The molecule has 0 spiro atoms. The third kappa shape index (κ3) is 5.30. The molecule has 4 nitrogen and oxygen atoms in total. The van der Waals surface area contributed by atoms with Crippen molar-refractivity contribution in [3.63, 3.8) is 0 Å². The monoisotopic (exact) mass is 441 g/mol. The van der Waals surface area contributed by atoms with Crippen LogP contribution in [0.1, 0.15) is 5.56 Å². The van der Waals surface area contributed by atoms with Crippen molar-refractivity contribution in [1.82, 2.24) is 5.32 Å². The number of hydrogen-bond acceptors (Lipinski definition) is 4. The molecule has 0 aliphatic carbocycles. The highest BCUT2D eigenvalue weighted by Crippen LogP contribution is 2.38. The van der Waals surface area contributed by atoms with Crippen LogP contribution < -0.4 is 14.8 Å². The maximum atomic E-state index is 12.0. The number of benzene rings is 2. The summed E-state index contributed by atoms with van der Waals surface area (Å²) in [7, 11) is 0. The molecule has 0 aromatic heterocycles. The standard InChI is InChI=1S/C18H17BrClNO3S/c19-13-1-3-14(4-2-13)25-11-17(22)21-6-5-12-9-15(20)18-16(10-12)23-7-8-24-18/h1-4,9-10H,5-8,11H2,(H,21,22). The quantitative estimate of drug-likeness (QED) is 0.677. The molecular weight excluding hydrogens is 426 g/mol. The van der Waals surface area contributed by atoms with E-state index in [4.69, 9.17) is 21.1 Å². The minimum absolute atomic E-state index is 0.0107. The van der Waals surface area contributed by atoms with Crippen molar-refractivity contribution in [2.75, 3.05) is 25.5 Å². The Balaban J connectivity index is 1.45. The zero-order valence-corrected chi connectivity index (χ0v) is 16.5. The summed E-state index contributed by atoms with van der Waals surface area (Å²) in [5, 5.41) is 3.47. The fourth-order valence-electron chi connectivity index (χ4n) is 2.39. The number of fused-ring (bicyclic) bond motifs is 1. The van der Waals surface area contributed by atoms with E-state index in [1.807, 2.05) is 36.4 Å². The van der Waals surface area contributed by atoms with Crippen molar-refractivity contribution < 1.29 is 14.3 Å². The Morgan fingerprint density at radius 1 is 1.20 bits per heavy atom. The molecule has 0 fully saturated rings. The normalized spacial score (nSPS) is 12.7. The first-order valence-corrected chi connectivity index (χ1v) is 10.0. The van der Waals surface area contributed by atoms with E-state index in [1.165, 1.54) is 11.8 Å². The summed E-state index contributed by atoms with van der Waals surface area (Å²) >= 11 is 11.1. The maximum absolute atomic E-state index is 12.0. The van der Waals surface area contributed by atoms with Gasteiger partial charge in [0.1, 0.15) is 13.2 Å². The second kappa shape index (κ2) is 8.83. The van der Waals surface area contributed by atoms with E-state index in [1.54, 1.807) is 0 Å². The van der Waals surface area contributed by atoms with Crippen LogP contribution in [0.4, 0.5) is 0 Å². The first-order valence-electron chi connectivity index (χ1n) is 7.85. The molecular formula is C18H17BrClNO3S. The second-order valence-electron chi connectivity index (χ2n) is 5.44. The van der Waals surface area contributed by atoms with Crippen molar-refractivity contribution >= 4 is 45.2 Å². The number of rotatable bonds is 6. The van der Waals surface area contributed by atoms with Crippen molar-refractivity contribution in [2.24, 2.45) is 0 Å². The third-order valence-corrected chi connectivity index (χ3v) is 5.40. The zero-order valence-electron chi connectivity index (χ0n) is 13.4. The predicted octanol–water partition coefficient (Wildman–Crippen LogP) is 4.32. The predicted molar refractivity (Wildman–Crippen MR) is 104 cm³/mol. The van der Waals surface area contributed by atoms with Crippen LogP contribution in [0.25, 0.3) is 0 Å². The lowest BCUT2D eigenvalue weighted by Gasteiger charge is -2.20. The van der Waals surface area contributed by atoms with E-state index >= 15 is 0 Å². The van der Waals surface area contributed by atoms with Gasteiger partial charge in [-0.15, -0.1) is 11.8 Å². The Kier molecular flexibility index (Phi) is 6.51. The van der Waals surface area contributed by atoms with Crippen LogP contribution in [-0.4, -0.2) is 31.4 Å². The average molecular weight is 443 g/mol. The smallest absolute Gasteiger partial charge is 0.230 e. The van der Waals surface area contributed by atoms with Gasteiger partial charge in [-0.2, -0.15) is 0 Å². The van der Waals surface area contributed by atoms with Gasteiger partial charge in [0, 0.05) is 15.9 Å².